The average Bonchev–Trinajstić information content (AvgIpc) is 3.07. The summed E-state index contributed by atoms with van der Waals surface area (Å²) in [4.78, 5) is 24.6. The van der Waals surface area contributed by atoms with Gasteiger partial charge in [-0.2, -0.15) is 0 Å². The second-order valence-electron chi connectivity index (χ2n) is 5.76. The number of hydrogen-bond acceptors (Lipinski definition) is 5. The van der Waals surface area contributed by atoms with Gasteiger partial charge in [0.1, 0.15) is 6.79 Å². The zero-order valence-electron chi connectivity index (χ0n) is 18.9. The van der Waals surface area contributed by atoms with Gasteiger partial charge in [-0.05, 0) is 30.2 Å². The molecule has 6 heteroatoms. The third kappa shape index (κ3) is 6.39. The van der Waals surface area contributed by atoms with Gasteiger partial charge in [0.2, 0.25) is 0 Å². The van der Waals surface area contributed by atoms with Crippen molar-refractivity contribution in [1.29, 1.82) is 0 Å². The smallest absolute Gasteiger partial charge is 0.340 e. The maximum absolute atomic E-state index is 12.4. The Kier molecular flexibility index (Phi) is 13.1. The van der Waals surface area contributed by atoms with Crippen molar-refractivity contribution in [2.75, 3.05) is 21.3 Å². The summed E-state index contributed by atoms with van der Waals surface area (Å²) in [5, 5.41) is 0. The summed E-state index contributed by atoms with van der Waals surface area (Å²) in [7, 11) is 6.62. The number of hydrogen-bond donors (Lipinski definition) is 0. The Hall–Kier alpha value is -3.25. The van der Waals surface area contributed by atoms with Crippen LogP contribution in [0.15, 0.2) is 54.9 Å². The van der Waals surface area contributed by atoms with Gasteiger partial charge in [-0.15, -0.1) is 0 Å². The lowest BCUT2D eigenvalue weighted by Gasteiger charge is -2.09. The highest BCUT2D eigenvalue weighted by molar-refractivity contribution is 6.00. The van der Waals surface area contributed by atoms with Crippen LogP contribution in [0.4, 0.5) is 0 Å². The number of pyridine rings is 1. The van der Waals surface area contributed by atoms with E-state index in [4.69, 9.17) is 9.53 Å². The SMILES string of the molecule is C=O.CC.COC.COC(=O)c1c(C)c(-c2cccnc2)n(C)c1-c1ccccc1. The molecule has 3 aromatic rings. The highest BCUT2D eigenvalue weighted by Crippen LogP contribution is 2.36. The Bertz CT molecular complexity index is 875. The quantitative estimate of drug-likeness (QED) is 0.569. The van der Waals surface area contributed by atoms with Crippen LogP contribution in [0, 0.1) is 6.92 Å². The molecule has 0 N–H and O–H groups in total. The van der Waals surface area contributed by atoms with Crippen LogP contribution in [0.2, 0.25) is 0 Å². The highest BCUT2D eigenvalue weighted by atomic mass is 16.5. The van der Waals surface area contributed by atoms with E-state index >= 15 is 0 Å². The van der Waals surface area contributed by atoms with Gasteiger partial charge < -0.3 is 18.8 Å². The molecule has 0 aliphatic rings. The molecule has 2 heterocycles. The van der Waals surface area contributed by atoms with Crippen molar-refractivity contribution < 1.29 is 19.1 Å². The largest absolute Gasteiger partial charge is 0.465 e. The summed E-state index contributed by atoms with van der Waals surface area (Å²) in [6.45, 7) is 7.95. The first-order chi connectivity index (χ1) is 14.6. The number of esters is 1. The number of aromatic nitrogens is 2. The summed E-state index contributed by atoms with van der Waals surface area (Å²) in [5.41, 5.74) is 5.27. The molecule has 0 fully saturated rings. The van der Waals surface area contributed by atoms with Crippen LogP contribution in [-0.2, 0) is 21.3 Å². The summed E-state index contributed by atoms with van der Waals surface area (Å²) >= 11 is 0. The number of methoxy groups -OCH3 is 2. The maximum Gasteiger partial charge on any atom is 0.340 e. The van der Waals surface area contributed by atoms with E-state index < -0.39 is 0 Å². The van der Waals surface area contributed by atoms with E-state index in [1.807, 2.05) is 81.6 Å². The van der Waals surface area contributed by atoms with E-state index in [-0.39, 0.29) is 5.97 Å². The first kappa shape index (κ1) is 26.8. The van der Waals surface area contributed by atoms with E-state index in [0.29, 0.717) is 5.56 Å². The van der Waals surface area contributed by atoms with Gasteiger partial charge in [-0.25, -0.2) is 4.79 Å². The molecular formula is C24H32N2O4. The molecule has 0 unspecified atom stereocenters. The predicted octanol–water partition coefficient (Wildman–Crippen LogP) is 4.95. The Morgan fingerprint density at radius 2 is 1.47 bits per heavy atom. The maximum atomic E-state index is 12.4. The van der Waals surface area contributed by atoms with Gasteiger partial charge in [0.25, 0.3) is 0 Å². The van der Waals surface area contributed by atoms with Gasteiger partial charge in [0, 0.05) is 39.2 Å². The summed E-state index contributed by atoms with van der Waals surface area (Å²) in [6.07, 6.45) is 3.54. The molecule has 3 rings (SSSR count). The van der Waals surface area contributed by atoms with E-state index in [0.717, 1.165) is 28.1 Å². The third-order valence-corrected chi connectivity index (χ3v) is 4.01. The number of ether oxygens (including phenoxy) is 2. The van der Waals surface area contributed by atoms with Crippen LogP contribution < -0.4 is 0 Å². The number of rotatable bonds is 3. The molecule has 0 saturated carbocycles. The Balaban J connectivity index is 0.00000108. The Morgan fingerprint density at radius 1 is 0.933 bits per heavy atom. The zero-order chi connectivity index (χ0) is 23.1. The minimum Gasteiger partial charge on any atom is -0.465 e. The first-order valence-corrected chi connectivity index (χ1v) is 9.49. The van der Waals surface area contributed by atoms with Crippen molar-refractivity contribution in [2.24, 2.45) is 7.05 Å². The van der Waals surface area contributed by atoms with Crippen LogP contribution in [-0.4, -0.2) is 43.6 Å². The monoisotopic (exact) mass is 412 g/mol. The van der Waals surface area contributed by atoms with Crippen LogP contribution in [0.5, 0.6) is 0 Å². The van der Waals surface area contributed by atoms with Gasteiger partial charge in [0.15, 0.2) is 0 Å². The van der Waals surface area contributed by atoms with Crippen molar-refractivity contribution in [1.82, 2.24) is 9.55 Å². The highest BCUT2D eigenvalue weighted by Gasteiger charge is 2.25. The van der Waals surface area contributed by atoms with Crippen LogP contribution in [0.1, 0.15) is 29.8 Å². The number of nitrogens with zero attached hydrogens (tertiary/aromatic N) is 2. The molecule has 30 heavy (non-hydrogen) atoms. The number of carbonyl (C=O) groups excluding carboxylic acids is 2. The van der Waals surface area contributed by atoms with Gasteiger partial charge in [0.05, 0.1) is 24.1 Å². The summed E-state index contributed by atoms with van der Waals surface area (Å²) in [6, 6.07) is 13.7. The molecule has 1 aromatic carbocycles. The second-order valence-corrected chi connectivity index (χ2v) is 5.76. The molecule has 0 amide bonds. The van der Waals surface area contributed by atoms with Gasteiger partial charge >= 0.3 is 5.97 Å². The van der Waals surface area contributed by atoms with Crippen molar-refractivity contribution in [3.05, 3.63) is 66.0 Å². The molecule has 0 radical (unpaired) electrons. The minimum absolute atomic E-state index is 0.327. The van der Waals surface area contributed by atoms with E-state index in [9.17, 15) is 4.79 Å². The van der Waals surface area contributed by atoms with Crippen molar-refractivity contribution in [3.8, 4) is 22.5 Å². The van der Waals surface area contributed by atoms with Crippen LogP contribution in [0.25, 0.3) is 22.5 Å². The molecule has 6 nitrogen and oxygen atoms in total. The Labute approximate surface area is 179 Å². The summed E-state index contributed by atoms with van der Waals surface area (Å²) in [5.74, 6) is -0.327. The molecule has 0 spiro atoms. The van der Waals surface area contributed by atoms with Crippen molar-refractivity contribution in [3.63, 3.8) is 0 Å². The lowest BCUT2D eigenvalue weighted by Crippen LogP contribution is -2.04. The van der Waals surface area contributed by atoms with E-state index in [2.05, 4.69) is 9.72 Å². The predicted molar refractivity (Wildman–Crippen MR) is 122 cm³/mol. The normalized spacial score (nSPS) is 9.03. The fourth-order valence-corrected chi connectivity index (χ4v) is 3.03. The second kappa shape index (κ2) is 14.7. The van der Waals surface area contributed by atoms with Gasteiger partial charge in [-0.1, -0.05) is 44.2 Å². The molecule has 0 bridgehead atoms. The fraction of sp³-hybridized carbons (Fsp3) is 0.292. The summed E-state index contributed by atoms with van der Waals surface area (Å²) < 4.78 is 11.3. The topological polar surface area (TPSA) is 70.4 Å². The van der Waals surface area contributed by atoms with Crippen LogP contribution in [0.3, 0.4) is 0 Å². The van der Waals surface area contributed by atoms with E-state index in [1.165, 1.54) is 7.11 Å². The fourth-order valence-electron chi connectivity index (χ4n) is 3.03. The molecule has 2 aromatic heterocycles. The first-order valence-electron chi connectivity index (χ1n) is 9.49. The molecule has 162 valence electrons. The average molecular weight is 413 g/mol. The molecular weight excluding hydrogens is 380 g/mol. The van der Waals surface area contributed by atoms with Crippen molar-refractivity contribution in [2.45, 2.75) is 20.8 Å². The van der Waals surface area contributed by atoms with Gasteiger partial charge in [-0.3, -0.25) is 4.98 Å². The lowest BCUT2D eigenvalue weighted by molar-refractivity contribution is -0.0980. The minimum atomic E-state index is -0.327. The third-order valence-electron chi connectivity index (χ3n) is 4.01. The van der Waals surface area contributed by atoms with Crippen LogP contribution >= 0.6 is 0 Å². The molecule has 0 saturated heterocycles. The van der Waals surface area contributed by atoms with E-state index in [1.54, 1.807) is 26.6 Å². The molecule has 0 aliphatic carbocycles. The number of carbonyl (C=O) groups is 2. The lowest BCUT2D eigenvalue weighted by atomic mass is 10.0. The molecule has 0 aliphatic heterocycles. The molecule has 0 atom stereocenters. The standard InChI is InChI=1S/C19H18N2O2.C2H6O.C2H6.CH2O/c1-13-16(19(22)23-3)18(14-8-5-4-6-9-14)21(2)17(13)15-10-7-11-20-12-15;1-3-2;2*1-2/h4-12H,1-3H3;1-2H3;1-2H3;1H2. The number of benzene rings is 1. The zero-order valence-corrected chi connectivity index (χ0v) is 18.9. The Morgan fingerprint density at radius 3 is 1.93 bits per heavy atom. The van der Waals surface area contributed by atoms with Crippen molar-refractivity contribution >= 4 is 12.8 Å².